The first-order valence-electron chi connectivity index (χ1n) is 9.22. The summed E-state index contributed by atoms with van der Waals surface area (Å²) in [5, 5.41) is 5.19. The second-order valence-electron chi connectivity index (χ2n) is 6.89. The van der Waals surface area contributed by atoms with Crippen LogP contribution >= 0.6 is 11.3 Å². The Morgan fingerprint density at radius 1 is 1.24 bits per heavy atom. The summed E-state index contributed by atoms with van der Waals surface area (Å²) < 4.78 is 5.54. The van der Waals surface area contributed by atoms with E-state index < -0.39 is 0 Å². The average molecular weight is 403 g/mol. The molecule has 0 saturated heterocycles. The molecule has 3 aromatic rings. The molecule has 0 radical (unpaired) electrons. The van der Waals surface area contributed by atoms with Crippen LogP contribution in [0.3, 0.4) is 0 Å². The predicted octanol–water partition coefficient (Wildman–Crippen LogP) is 3.81. The van der Waals surface area contributed by atoms with E-state index in [1.807, 2.05) is 29.6 Å². The topological polar surface area (TPSA) is 71.5 Å². The molecular formula is C22H17N3O3S. The number of carbonyl (C=O) groups excluding carboxylic acids is 2. The van der Waals surface area contributed by atoms with Gasteiger partial charge in [-0.25, -0.2) is 4.98 Å². The number of nitrogens with zero attached hydrogens (tertiary/aromatic N) is 2. The third-order valence-corrected chi connectivity index (χ3v) is 5.83. The van der Waals surface area contributed by atoms with Gasteiger partial charge in [-0.05, 0) is 29.8 Å². The zero-order chi connectivity index (χ0) is 20.0. The molecule has 2 aromatic carbocycles. The van der Waals surface area contributed by atoms with E-state index in [0.29, 0.717) is 23.0 Å². The summed E-state index contributed by atoms with van der Waals surface area (Å²) in [6, 6.07) is 13.2. The van der Waals surface area contributed by atoms with Crippen molar-refractivity contribution in [1.29, 1.82) is 0 Å². The molecule has 0 saturated carbocycles. The number of nitrogens with one attached hydrogen (secondary N) is 1. The number of hydrogen-bond acceptors (Lipinski definition) is 5. The Morgan fingerprint density at radius 2 is 2.07 bits per heavy atom. The molecule has 3 heterocycles. The number of benzene rings is 2. The normalized spacial score (nSPS) is 14.6. The molecule has 0 spiro atoms. The predicted molar refractivity (Wildman–Crippen MR) is 112 cm³/mol. The zero-order valence-electron chi connectivity index (χ0n) is 15.5. The Labute approximate surface area is 171 Å². The second-order valence-corrected chi connectivity index (χ2v) is 7.75. The largest absolute Gasteiger partial charge is 0.493 e. The van der Waals surface area contributed by atoms with E-state index in [1.54, 1.807) is 12.1 Å². The summed E-state index contributed by atoms with van der Waals surface area (Å²) in [5.41, 5.74) is 4.84. The molecule has 0 bridgehead atoms. The van der Waals surface area contributed by atoms with E-state index in [1.165, 1.54) is 21.8 Å². The summed E-state index contributed by atoms with van der Waals surface area (Å²) in [7, 11) is 0. The van der Waals surface area contributed by atoms with Gasteiger partial charge >= 0.3 is 0 Å². The maximum absolute atomic E-state index is 12.5. The van der Waals surface area contributed by atoms with Gasteiger partial charge in [0.2, 0.25) is 5.91 Å². The van der Waals surface area contributed by atoms with Gasteiger partial charge in [-0.2, -0.15) is 0 Å². The van der Waals surface area contributed by atoms with Crippen molar-refractivity contribution in [3.63, 3.8) is 0 Å². The quantitative estimate of drug-likeness (QED) is 0.719. The van der Waals surface area contributed by atoms with Gasteiger partial charge in [0.1, 0.15) is 12.3 Å². The summed E-state index contributed by atoms with van der Waals surface area (Å²) in [6.07, 6.45) is 0.896. The smallest absolute Gasteiger partial charge is 0.259 e. The van der Waals surface area contributed by atoms with Crippen molar-refractivity contribution in [2.75, 3.05) is 18.5 Å². The number of thiazole rings is 1. The third kappa shape index (κ3) is 3.09. The Morgan fingerprint density at radius 3 is 2.90 bits per heavy atom. The van der Waals surface area contributed by atoms with Gasteiger partial charge in [0.05, 0.1) is 12.3 Å². The average Bonchev–Trinajstić information content (AvgIpc) is 3.44. The monoisotopic (exact) mass is 403 g/mol. The van der Waals surface area contributed by atoms with Gasteiger partial charge < -0.3 is 10.1 Å². The maximum Gasteiger partial charge on any atom is 0.259 e. The number of aromatic nitrogens is 1. The van der Waals surface area contributed by atoms with Gasteiger partial charge in [0.25, 0.3) is 5.91 Å². The number of amides is 2. The summed E-state index contributed by atoms with van der Waals surface area (Å²) in [6.45, 7) is 4.57. The minimum Gasteiger partial charge on any atom is -0.493 e. The molecule has 2 amide bonds. The van der Waals surface area contributed by atoms with Crippen molar-refractivity contribution < 1.29 is 14.3 Å². The van der Waals surface area contributed by atoms with Crippen LogP contribution in [0.5, 0.6) is 5.75 Å². The van der Waals surface area contributed by atoms with Crippen molar-refractivity contribution in [3.8, 4) is 17.0 Å². The molecule has 0 atom stereocenters. The molecule has 2 aliphatic heterocycles. The second kappa shape index (κ2) is 6.86. The summed E-state index contributed by atoms with van der Waals surface area (Å²) in [4.78, 5) is 31.0. The SMILES string of the molecule is C=C1c2ccccc2C(=O)N1CC(=O)Nc1nc(-c2ccc3c(c2)CCO3)cs1. The van der Waals surface area contributed by atoms with Gasteiger partial charge in [-0.3, -0.25) is 14.5 Å². The zero-order valence-corrected chi connectivity index (χ0v) is 16.3. The standard InChI is InChI=1S/C22H17N3O3S/c1-13-16-4-2-3-5-17(16)21(27)25(13)11-20(26)24-22-23-18(12-29-22)14-6-7-19-15(10-14)8-9-28-19/h2-7,10,12H,1,8-9,11H2,(H,23,24,26). The van der Waals surface area contributed by atoms with Crippen LogP contribution in [0, 0.1) is 0 Å². The van der Waals surface area contributed by atoms with Gasteiger partial charge in [-0.1, -0.05) is 24.8 Å². The highest BCUT2D eigenvalue weighted by molar-refractivity contribution is 7.14. The molecule has 0 unspecified atom stereocenters. The lowest BCUT2D eigenvalue weighted by atomic mass is 10.1. The fourth-order valence-corrected chi connectivity index (χ4v) is 4.35. The Hall–Kier alpha value is -3.45. The van der Waals surface area contributed by atoms with Crippen LogP contribution in [0.2, 0.25) is 0 Å². The van der Waals surface area contributed by atoms with Crippen LogP contribution < -0.4 is 10.1 Å². The molecular weight excluding hydrogens is 386 g/mol. The molecule has 0 aliphatic carbocycles. The lowest BCUT2D eigenvalue weighted by Crippen LogP contribution is -2.32. The minimum absolute atomic E-state index is 0.0998. The molecule has 29 heavy (non-hydrogen) atoms. The fraction of sp³-hybridized carbons (Fsp3) is 0.136. The van der Waals surface area contributed by atoms with Crippen LogP contribution in [0.15, 0.2) is 54.4 Å². The number of rotatable bonds is 4. The molecule has 1 N–H and O–H groups in total. The van der Waals surface area contributed by atoms with Crippen molar-refractivity contribution in [2.45, 2.75) is 6.42 Å². The van der Waals surface area contributed by atoms with E-state index in [2.05, 4.69) is 22.9 Å². The highest BCUT2D eigenvalue weighted by Gasteiger charge is 2.32. The van der Waals surface area contributed by atoms with E-state index in [4.69, 9.17) is 4.74 Å². The van der Waals surface area contributed by atoms with Crippen LogP contribution in [0.1, 0.15) is 21.5 Å². The van der Waals surface area contributed by atoms with Crippen LogP contribution in [-0.2, 0) is 11.2 Å². The first-order chi connectivity index (χ1) is 14.1. The Kier molecular flexibility index (Phi) is 4.17. The third-order valence-electron chi connectivity index (χ3n) is 5.08. The molecule has 0 fully saturated rings. The first kappa shape index (κ1) is 17.6. The highest BCUT2D eigenvalue weighted by atomic mass is 32.1. The lowest BCUT2D eigenvalue weighted by Gasteiger charge is -2.16. The molecule has 7 heteroatoms. The molecule has 6 nitrogen and oxygen atoms in total. The maximum atomic E-state index is 12.5. The Balaban J connectivity index is 1.28. The van der Waals surface area contributed by atoms with Crippen molar-refractivity contribution in [1.82, 2.24) is 9.88 Å². The number of fused-ring (bicyclic) bond motifs is 2. The molecule has 2 aliphatic rings. The molecule has 1 aromatic heterocycles. The van der Waals surface area contributed by atoms with Crippen LogP contribution in [0.25, 0.3) is 17.0 Å². The van der Waals surface area contributed by atoms with Crippen molar-refractivity contribution in [2.24, 2.45) is 0 Å². The lowest BCUT2D eigenvalue weighted by molar-refractivity contribution is -0.116. The summed E-state index contributed by atoms with van der Waals surface area (Å²) in [5.74, 6) is 0.408. The van der Waals surface area contributed by atoms with Crippen LogP contribution in [0.4, 0.5) is 5.13 Å². The number of ether oxygens (including phenoxy) is 1. The summed E-state index contributed by atoms with van der Waals surface area (Å²) >= 11 is 1.35. The van der Waals surface area contributed by atoms with E-state index >= 15 is 0 Å². The van der Waals surface area contributed by atoms with E-state index in [9.17, 15) is 9.59 Å². The van der Waals surface area contributed by atoms with E-state index in [-0.39, 0.29) is 18.4 Å². The van der Waals surface area contributed by atoms with Gasteiger partial charge in [0.15, 0.2) is 5.13 Å². The number of anilines is 1. The molecule has 5 rings (SSSR count). The first-order valence-corrected chi connectivity index (χ1v) is 10.1. The van der Waals surface area contributed by atoms with E-state index in [0.717, 1.165) is 29.0 Å². The Bertz CT molecular complexity index is 1130. The minimum atomic E-state index is -0.310. The van der Waals surface area contributed by atoms with Crippen molar-refractivity contribution >= 4 is 34.0 Å². The van der Waals surface area contributed by atoms with Gasteiger partial charge in [-0.15, -0.1) is 11.3 Å². The van der Waals surface area contributed by atoms with Gasteiger partial charge in [0, 0.05) is 34.2 Å². The van der Waals surface area contributed by atoms with Crippen LogP contribution in [-0.4, -0.2) is 34.8 Å². The number of hydrogen-bond donors (Lipinski definition) is 1. The molecule has 144 valence electrons. The van der Waals surface area contributed by atoms with Crippen molar-refractivity contribution in [3.05, 3.63) is 71.1 Å². The fourth-order valence-electron chi connectivity index (χ4n) is 3.61. The number of carbonyl (C=O) groups is 2. The highest BCUT2D eigenvalue weighted by Crippen LogP contribution is 2.33.